The predicted molar refractivity (Wildman–Crippen MR) is 177 cm³/mol. The number of likely N-dealkylation sites (N-methyl/N-ethyl adjacent to an activating group) is 1. The van der Waals surface area contributed by atoms with Crippen molar-refractivity contribution in [2.75, 3.05) is 31.3 Å². The van der Waals surface area contributed by atoms with Gasteiger partial charge in [0, 0.05) is 23.7 Å². The molecule has 1 aliphatic heterocycles. The van der Waals surface area contributed by atoms with E-state index in [1.54, 1.807) is 31.0 Å². The number of rotatable bonds is 9. The number of carbonyl (C=O) groups excluding carboxylic acids is 3. The zero-order valence-electron chi connectivity index (χ0n) is 26.6. The van der Waals surface area contributed by atoms with Gasteiger partial charge in [0.2, 0.25) is 17.7 Å². The Morgan fingerprint density at radius 3 is 2.49 bits per heavy atom. The molecule has 0 saturated carbocycles. The van der Waals surface area contributed by atoms with Crippen molar-refractivity contribution in [3.63, 3.8) is 0 Å². The van der Waals surface area contributed by atoms with Gasteiger partial charge >= 0.3 is 0 Å². The lowest BCUT2D eigenvalue weighted by molar-refractivity contribution is -0.143. The third-order valence-electron chi connectivity index (χ3n) is 8.29. The van der Waals surface area contributed by atoms with Gasteiger partial charge in [-0.2, -0.15) is 0 Å². The molecular weight excluding hydrogens is 570 g/mol. The molecule has 3 unspecified atom stereocenters. The third kappa shape index (κ3) is 6.83. The fourth-order valence-electron chi connectivity index (χ4n) is 5.59. The molecule has 0 aliphatic carbocycles. The second-order valence-corrected chi connectivity index (χ2v) is 12.5. The van der Waals surface area contributed by atoms with Gasteiger partial charge in [-0.25, -0.2) is 9.97 Å². The van der Waals surface area contributed by atoms with Crippen molar-refractivity contribution in [1.29, 1.82) is 0 Å². The van der Waals surface area contributed by atoms with Crippen LogP contribution in [0.2, 0.25) is 0 Å². The maximum Gasteiger partial charge on any atom is 0.247 e. The molecule has 45 heavy (non-hydrogen) atoms. The first kappa shape index (κ1) is 31.6. The first-order valence-electron chi connectivity index (χ1n) is 15.2. The standard InChI is InChI=1S/C34H41N7O4/c1-20(35-5)31(42)40-29(34(2,3)4)33(44)41-15-9-12-27(41)32(43)39-26-17-24-25(18-28(26)45-6)36-19-37-30(24)38-23-14-13-21-10-7-8-11-22(21)16-23/h7-8,10-11,13-14,16-20,27,29,35H,9,12,15H2,1-6H3,(H,39,43)(H,40,42)(H,36,37,38). The van der Waals surface area contributed by atoms with Crippen molar-refractivity contribution in [2.45, 2.75) is 58.7 Å². The van der Waals surface area contributed by atoms with Crippen molar-refractivity contribution in [2.24, 2.45) is 5.41 Å². The minimum absolute atomic E-state index is 0.276. The van der Waals surface area contributed by atoms with Gasteiger partial charge in [-0.1, -0.05) is 51.1 Å². The molecule has 0 spiro atoms. The first-order valence-corrected chi connectivity index (χ1v) is 15.2. The summed E-state index contributed by atoms with van der Waals surface area (Å²) < 4.78 is 5.63. The molecule has 2 heterocycles. The lowest BCUT2D eigenvalue weighted by Crippen LogP contribution is -2.59. The van der Waals surface area contributed by atoms with E-state index >= 15 is 0 Å². The summed E-state index contributed by atoms with van der Waals surface area (Å²) in [6.07, 6.45) is 2.65. The number of fused-ring (bicyclic) bond motifs is 2. The molecule has 4 N–H and O–H groups in total. The number of nitrogens with one attached hydrogen (secondary N) is 4. The lowest BCUT2D eigenvalue weighted by atomic mass is 9.85. The molecule has 0 bridgehead atoms. The van der Waals surface area contributed by atoms with E-state index in [9.17, 15) is 14.4 Å². The van der Waals surface area contributed by atoms with Gasteiger partial charge in [-0.05, 0) is 61.2 Å². The average Bonchev–Trinajstić information content (AvgIpc) is 3.52. The van der Waals surface area contributed by atoms with Crippen molar-refractivity contribution in [1.82, 2.24) is 25.5 Å². The molecule has 0 radical (unpaired) electrons. The molecule has 3 aromatic carbocycles. The predicted octanol–water partition coefficient (Wildman–Crippen LogP) is 4.60. The molecular formula is C34H41N7O4. The Morgan fingerprint density at radius 2 is 1.78 bits per heavy atom. The molecule has 11 heteroatoms. The zero-order valence-corrected chi connectivity index (χ0v) is 26.6. The van der Waals surface area contributed by atoms with Crippen LogP contribution < -0.4 is 26.0 Å². The molecule has 4 aromatic rings. The summed E-state index contributed by atoms with van der Waals surface area (Å²) in [4.78, 5) is 50.9. The number of nitrogens with zero attached hydrogens (tertiary/aromatic N) is 3. The van der Waals surface area contributed by atoms with E-state index in [2.05, 4.69) is 43.4 Å². The normalized spacial score (nSPS) is 16.3. The fourth-order valence-corrected chi connectivity index (χ4v) is 5.59. The van der Waals surface area contributed by atoms with Crippen LogP contribution in [-0.2, 0) is 14.4 Å². The molecule has 1 aliphatic rings. The number of amides is 3. The van der Waals surface area contributed by atoms with Crippen LogP contribution in [0.1, 0.15) is 40.5 Å². The highest BCUT2D eigenvalue weighted by atomic mass is 16.5. The number of hydrogen-bond donors (Lipinski definition) is 4. The van der Waals surface area contributed by atoms with Crippen molar-refractivity contribution in [3.05, 3.63) is 60.9 Å². The van der Waals surface area contributed by atoms with Crippen LogP contribution in [0.5, 0.6) is 5.75 Å². The quantitative estimate of drug-likeness (QED) is 0.216. The highest BCUT2D eigenvalue weighted by Crippen LogP contribution is 2.34. The van der Waals surface area contributed by atoms with Crippen molar-refractivity contribution >= 4 is 56.6 Å². The monoisotopic (exact) mass is 611 g/mol. The maximum absolute atomic E-state index is 13.9. The van der Waals surface area contributed by atoms with Crippen LogP contribution in [0.4, 0.5) is 17.2 Å². The molecule has 236 valence electrons. The summed E-state index contributed by atoms with van der Waals surface area (Å²) in [6.45, 7) is 7.85. The highest BCUT2D eigenvalue weighted by Gasteiger charge is 2.42. The topological polar surface area (TPSA) is 138 Å². The van der Waals surface area contributed by atoms with Gasteiger partial charge < -0.3 is 30.9 Å². The van der Waals surface area contributed by atoms with Crippen LogP contribution >= 0.6 is 0 Å². The minimum Gasteiger partial charge on any atom is -0.494 e. The van der Waals surface area contributed by atoms with E-state index < -0.39 is 23.5 Å². The highest BCUT2D eigenvalue weighted by molar-refractivity contribution is 6.03. The summed E-state index contributed by atoms with van der Waals surface area (Å²) in [5.74, 6) is 0.121. The fraction of sp³-hybridized carbons (Fsp3) is 0.382. The number of hydrogen-bond acceptors (Lipinski definition) is 8. The lowest BCUT2D eigenvalue weighted by Gasteiger charge is -2.36. The van der Waals surface area contributed by atoms with Crippen molar-refractivity contribution in [3.8, 4) is 5.75 Å². The number of carbonyl (C=O) groups is 3. The summed E-state index contributed by atoms with van der Waals surface area (Å²) in [5, 5.41) is 15.1. The second kappa shape index (κ2) is 13.1. The molecule has 3 amide bonds. The third-order valence-corrected chi connectivity index (χ3v) is 8.29. The molecule has 1 aromatic heterocycles. The van der Waals surface area contributed by atoms with E-state index in [1.165, 1.54) is 13.4 Å². The molecule has 5 rings (SSSR count). The Balaban J connectivity index is 1.40. The van der Waals surface area contributed by atoms with Gasteiger partial charge in [-0.3, -0.25) is 14.4 Å². The zero-order chi connectivity index (χ0) is 32.3. The number of aromatic nitrogens is 2. The van der Waals surface area contributed by atoms with E-state index in [1.807, 2.05) is 51.1 Å². The van der Waals surface area contributed by atoms with Gasteiger partial charge in [-0.15, -0.1) is 0 Å². The second-order valence-electron chi connectivity index (χ2n) is 12.5. The van der Waals surface area contributed by atoms with E-state index in [0.717, 1.165) is 16.5 Å². The van der Waals surface area contributed by atoms with Crippen LogP contribution in [0.25, 0.3) is 21.7 Å². The van der Waals surface area contributed by atoms with E-state index in [4.69, 9.17) is 4.74 Å². The Morgan fingerprint density at radius 1 is 1.02 bits per heavy atom. The Bertz CT molecular complexity index is 1740. The summed E-state index contributed by atoms with van der Waals surface area (Å²) in [7, 11) is 3.22. The van der Waals surface area contributed by atoms with Crippen LogP contribution in [0.15, 0.2) is 60.9 Å². The first-order chi connectivity index (χ1) is 21.5. The van der Waals surface area contributed by atoms with Gasteiger partial charge in [0.25, 0.3) is 0 Å². The van der Waals surface area contributed by atoms with Gasteiger partial charge in [0.05, 0.1) is 24.4 Å². The number of anilines is 3. The Hall–Kier alpha value is -4.77. The number of ether oxygens (including phenoxy) is 1. The van der Waals surface area contributed by atoms with Gasteiger partial charge in [0.1, 0.15) is 30.0 Å². The van der Waals surface area contributed by atoms with Gasteiger partial charge in [0.15, 0.2) is 0 Å². The number of methoxy groups -OCH3 is 1. The smallest absolute Gasteiger partial charge is 0.247 e. The molecule has 1 saturated heterocycles. The molecule has 11 nitrogen and oxygen atoms in total. The number of likely N-dealkylation sites (tertiary alicyclic amines) is 1. The number of benzene rings is 3. The Kier molecular flexibility index (Phi) is 9.19. The summed E-state index contributed by atoms with van der Waals surface area (Å²) >= 11 is 0. The van der Waals surface area contributed by atoms with Crippen LogP contribution in [0.3, 0.4) is 0 Å². The minimum atomic E-state index is -0.801. The maximum atomic E-state index is 13.9. The van der Waals surface area contributed by atoms with E-state index in [0.29, 0.717) is 47.5 Å². The molecule has 3 atom stereocenters. The summed E-state index contributed by atoms with van der Waals surface area (Å²) in [5.41, 5.74) is 1.37. The van der Waals surface area contributed by atoms with E-state index in [-0.39, 0.29) is 17.7 Å². The van der Waals surface area contributed by atoms with Crippen LogP contribution in [0, 0.1) is 5.41 Å². The Labute approximate surface area is 263 Å². The van der Waals surface area contributed by atoms with Crippen LogP contribution in [-0.4, -0.2) is 71.4 Å². The molecule has 1 fully saturated rings. The largest absolute Gasteiger partial charge is 0.494 e. The van der Waals surface area contributed by atoms with Crippen molar-refractivity contribution < 1.29 is 19.1 Å². The SMILES string of the molecule is CNC(C)C(=O)NC(C(=O)N1CCCC1C(=O)Nc1cc2c(Nc3ccc4ccccc4c3)ncnc2cc1OC)C(C)(C)C. The summed E-state index contributed by atoms with van der Waals surface area (Å²) in [6, 6.07) is 15.8. The average molecular weight is 612 g/mol.